The molecule has 0 atom stereocenters. The molecule has 110 valence electrons. The van der Waals surface area contributed by atoms with Gasteiger partial charge in [-0.25, -0.2) is 4.79 Å². The van der Waals surface area contributed by atoms with Crippen molar-refractivity contribution in [3.05, 3.63) is 29.3 Å². The van der Waals surface area contributed by atoms with Crippen LogP contribution < -0.4 is 16.4 Å². The van der Waals surface area contributed by atoms with E-state index in [2.05, 4.69) is 10.6 Å². The van der Waals surface area contributed by atoms with E-state index < -0.39 is 12.0 Å². The van der Waals surface area contributed by atoms with E-state index in [0.717, 1.165) is 23.2 Å². The monoisotopic (exact) mass is 279 g/mol. The zero-order chi connectivity index (χ0) is 15.0. The van der Waals surface area contributed by atoms with Crippen LogP contribution in [-0.4, -0.2) is 25.2 Å². The number of rotatable bonds is 6. The second kappa shape index (κ2) is 8.04. The summed E-state index contributed by atoms with van der Waals surface area (Å²) in [5.74, 6) is -0.455. The molecule has 0 saturated heterocycles. The normalized spacial score (nSPS) is 9.90. The summed E-state index contributed by atoms with van der Waals surface area (Å²) in [7, 11) is 0. The summed E-state index contributed by atoms with van der Waals surface area (Å²) in [5, 5.41) is 5.10. The van der Waals surface area contributed by atoms with Gasteiger partial charge in [0, 0.05) is 12.2 Å². The van der Waals surface area contributed by atoms with E-state index >= 15 is 0 Å². The van der Waals surface area contributed by atoms with Crippen molar-refractivity contribution in [3.8, 4) is 0 Å². The number of carbonyl (C=O) groups excluding carboxylic acids is 2. The van der Waals surface area contributed by atoms with Gasteiger partial charge in [0.05, 0.1) is 6.61 Å². The molecule has 6 nitrogen and oxygen atoms in total. The quantitative estimate of drug-likeness (QED) is 0.538. The average molecular weight is 279 g/mol. The van der Waals surface area contributed by atoms with Gasteiger partial charge in [0.1, 0.15) is 6.54 Å². The second-order valence-corrected chi connectivity index (χ2v) is 4.23. The van der Waals surface area contributed by atoms with Crippen molar-refractivity contribution in [1.29, 1.82) is 0 Å². The van der Waals surface area contributed by atoms with Gasteiger partial charge in [0.2, 0.25) is 0 Å². The van der Waals surface area contributed by atoms with Gasteiger partial charge in [-0.1, -0.05) is 19.1 Å². The number of nitrogens with two attached hydrogens (primary N) is 1. The van der Waals surface area contributed by atoms with Crippen LogP contribution >= 0.6 is 0 Å². The highest BCUT2D eigenvalue weighted by atomic mass is 16.5. The van der Waals surface area contributed by atoms with Crippen LogP contribution in [0.4, 0.5) is 10.5 Å². The first-order valence-corrected chi connectivity index (χ1v) is 6.61. The van der Waals surface area contributed by atoms with E-state index in [-0.39, 0.29) is 6.54 Å². The second-order valence-electron chi connectivity index (χ2n) is 4.23. The minimum Gasteiger partial charge on any atom is -0.465 e. The molecule has 4 N–H and O–H groups in total. The number of nitrogens with one attached hydrogen (secondary N) is 2. The summed E-state index contributed by atoms with van der Waals surface area (Å²) in [4.78, 5) is 22.6. The van der Waals surface area contributed by atoms with E-state index in [1.165, 1.54) is 0 Å². The zero-order valence-electron chi connectivity index (χ0n) is 11.9. The highest BCUT2D eigenvalue weighted by Gasteiger charge is 2.06. The number of nitrogen functional groups attached to an aromatic ring is 1. The molecule has 6 heteroatoms. The van der Waals surface area contributed by atoms with Crippen LogP contribution in [0.25, 0.3) is 0 Å². The summed E-state index contributed by atoms with van der Waals surface area (Å²) in [6.07, 6.45) is 0.842. The first-order valence-electron chi connectivity index (χ1n) is 6.61. The topological polar surface area (TPSA) is 93.4 Å². The van der Waals surface area contributed by atoms with Gasteiger partial charge in [-0.15, -0.1) is 0 Å². The van der Waals surface area contributed by atoms with Crippen LogP contribution in [0.1, 0.15) is 25.0 Å². The average Bonchev–Trinajstić information content (AvgIpc) is 2.44. The van der Waals surface area contributed by atoms with Crippen LogP contribution in [-0.2, 0) is 22.5 Å². The van der Waals surface area contributed by atoms with Crippen molar-refractivity contribution >= 4 is 17.7 Å². The predicted molar refractivity (Wildman–Crippen MR) is 77.1 cm³/mol. The lowest BCUT2D eigenvalue weighted by Crippen LogP contribution is -2.38. The molecule has 0 aliphatic rings. The third-order valence-corrected chi connectivity index (χ3v) is 2.74. The summed E-state index contributed by atoms with van der Waals surface area (Å²) >= 11 is 0. The van der Waals surface area contributed by atoms with Crippen molar-refractivity contribution < 1.29 is 14.3 Å². The molecule has 0 aliphatic carbocycles. The van der Waals surface area contributed by atoms with Gasteiger partial charge in [0.15, 0.2) is 0 Å². The Morgan fingerprint density at radius 2 is 2.00 bits per heavy atom. The van der Waals surface area contributed by atoms with Gasteiger partial charge in [-0.2, -0.15) is 0 Å². The Morgan fingerprint density at radius 1 is 1.25 bits per heavy atom. The molecular weight excluding hydrogens is 258 g/mol. The molecule has 0 spiro atoms. The minimum absolute atomic E-state index is 0.137. The highest BCUT2D eigenvalue weighted by Crippen LogP contribution is 2.14. The van der Waals surface area contributed by atoms with E-state index in [1.807, 2.05) is 25.1 Å². The molecule has 0 unspecified atom stereocenters. The minimum atomic E-state index is -0.455. The number of benzene rings is 1. The van der Waals surface area contributed by atoms with Crippen LogP contribution in [0, 0.1) is 0 Å². The Hall–Kier alpha value is -2.24. The number of amides is 2. The molecule has 0 radical (unpaired) electrons. The number of ether oxygens (including phenoxy) is 1. The number of urea groups is 1. The molecule has 0 aromatic heterocycles. The smallest absolute Gasteiger partial charge is 0.325 e. The molecule has 0 heterocycles. The van der Waals surface area contributed by atoms with Gasteiger partial charge in [-0.05, 0) is 30.5 Å². The number of esters is 1. The lowest BCUT2D eigenvalue weighted by atomic mass is 10.1. The maximum absolute atomic E-state index is 11.5. The molecule has 20 heavy (non-hydrogen) atoms. The van der Waals surface area contributed by atoms with Gasteiger partial charge < -0.3 is 21.1 Å². The molecule has 2 amide bonds. The highest BCUT2D eigenvalue weighted by molar-refractivity contribution is 5.80. The number of carbonyl (C=O) groups is 2. The Morgan fingerprint density at radius 3 is 2.65 bits per heavy atom. The van der Waals surface area contributed by atoms with Crippen LogP contribution in [0.5, 0.6) is 0 Å². The van der Waals surface area contributed by atoms with Crippen LogP contribution in [0.15, 0.2) is 18.2 Å². The van der Waals surface area contributed by atoms with E-state index in [1.54, 1.807) is 6.92 Å². The molecular formula is C14H21N3O3. The number of hydrogen-bond donors (Lipinski definition) is 3. The lowest BCUT2D eigenvalue weighted by molar-refractivity contribution is -0.141. The molecule has 1 rings (SSSR count). The molecule has 1 aromatic rings. The molecule has 0 fully saturated rings. The standard InChI is InChI=1S/C14H21N3O3/c1-3-11-7-10(5-6-12(11)15)8-16-14(19)17-9-13(18)20-4-2/h5-7H,3-4,8-9,15H2,1-2H3,(H2,16,17,19). The van der Waals surface area contributed by atoms with Crippen molar-refractivity contribution in [2.75, 3.05) is 18.9 Å². The van der Waals surface area contributed by atoms with E-state index in [4.69, 9.17) is 10.5 Å². The summed E-state index contributed by atoms with van der Waals surface area (Å²) in [6, 6.07) is 5.24. The summed E-state index contributed by atoms with van der Waals surface area (Å²) in [6.45, 7) is 4.27. The first-order chi connectivity index (χ1) is 9.56. The van der Waals surface area contributed by atoms with E-state index in [9.17, 15) is 9.59 Å². The number of anilines is 1. The fourth-order valence-electron chi connectivity index (χ4n) is 1.68. The SMILES string of the molecule is CCOC(=O)CNC(=O)NCc1ccc(N)c(CC)c1. The van der Waals surface area contributed by atoms with Gasteiger partial charge in [0.25, 0.3) is 0 Å². The fraction of sp³-hybridized carbons (Fsp3) is 0.429. The molecule has 0 aliphatic heterocycles. The largest absolute Gasteiger partial charge is 0.465 e. The maximum atomic E-state index is 11.5. The Labute approximate surface area is 118 Å². The van der Waals surface area contributed by atoms with Crippen molar-refractivity contribution in [2.45, 2.75) is 26.8 Å². The third-order valence-electron chi connectivity index (χ3n) is 2.74. The van der Waals surface area contributed by atoms with Crippen LogP contribution in [0.2, 0.25) is 0 Å². The van der Waals surface area contributed by atoms with Crippen molar-refractivity contribution in [2.24, 2.45) is 0 Å². The number of aryl methyl sites for hydroxylation is 1. The van der Waals surface area contributed by atoms with Crippen molar-refractivity contribution in [3.63, 3.8) is 0 Å². The molecule has 0 saturated carbocycles. The Bertz CT molecular complexity index is 475. The Kier molecular flexibility index (Phi) is 6.36. The Balaban J connectivity index is 2.39. The summed E-state index contributed by atoms with van der Waals surface area (Å²) in [5.41, 5.74) is 8.58. The van der Waals surface area contributed by atoms with E-state index in [0.29, 0.717) is 13.2 Å². The molecule has 0 bridgehead atoms. The van der Waals surface area contributed by atoms with Gasteiger partial charge in [-0.3, -0.25) is 4.79 Å². The fourth-order valence-corrected chi connectivity index (χ4v) is 1.68. The van der Waals surface area contributed by atoms with Crippen molar-refractivity contribution in [1.82, 2.24) is 10.6 Å². The third kappa shape index (κ3) is 5.17. The van der Waals surface area contributed by atoms with Crippen LogP contribution in [0.3, 0.4) is 0 Å². The van der Waals surface area contributed by atoms with Gasteiger partial charge >= 0.3 is 12.0 Å². The zero-order valence-corrected chi connectivity index (χ0v) is 11.9. The number of hydrogen-bond acceptors (Lipinski definition) is 4. The first kappa shape index (κ1) is 15.8. The summed E-state index contributed by atoms with van der Waals surface area (Å²) < 4.78 is 4.70. The lowest BCUT2D eigenvalue weighted by Gasteiger charge is -2.09. The molecule has 1 aromatic carbocycles. The predicted octanol–water partition coefficient (Wildman–Crippen LogP) is 1.19. The maximum Gasteiger partial charge on any atom is 0.325 e.